The van der Waals surface area contributed by atoms with Gasteiger partial charge in [-0.3, -0.25) is 4.79 Å². The maximum absolute atomic E-state index is 12.1. The number of halogens is 4. The van der Waals surface area contributed by atoms with E-state index >= 15 is 0 Å². The van der Waals surface area contributed by atoms with Crippen molar-refractivity contribution in [3.63, 3.8) is 0 Å². The van der Waals surface area contributed by atoms with Gasteiger partial charge in [0.05, 0.1) is 22.8 Å². The van der Waals surface area contributed by atoms with Crippen molar-refractivity contribution in [3.05, 3.63) is 89.4 Å². The molecule has 5 nitrogen and oxygen atoms in total. The molecule has 33 heavy (non-hydrogen) atoms. The standard InChI is InChI=1S/C24H20BrCl2IN2O3/c1-2-32-22-10-16(13-29-30-23(31)11-15-3-6-18(25)7-4-15)9-21(28)24(22)33-14-17-5-8-19(26)12-20(17)27/h3-10,12-13H,2,11,14H2,1H3,(H,30,31)/b29-13-. The van der Waals surface area contributed by atoms with Crippen molar-refractivity contribution < 1.29 is 14.3 Å². The van der Waals surface area contributed by atoms with Crippen LogP contribution in [0.3, 0.4) is 0 Å². The summed E-state index contributed by atoms with van der Waals surface area (Å²) in [5.74, 6) is 0.991. The molecule has 0 atom stereocenters. The first-order valence-electron chi connectivity index (χ1n) is 9.95. The number of ether oxygens (including phenoxy) is 2. The summed E-state index contributed by atoms with van der Waals surface area (Å²) < 4.78 is 13.6. The number of hydrogen-bond donors (Lipinski definition) is 1. The number of rotatable bonds is 9. The van der Waals surface area contributed by atoms with Gasteiger partial charge in [-0.15, -0.1) is 0 Å². The molecule has 3 aromatic carbocycles. The third-order valence-electron chi connectivity index (χ3n) is 4.40. The maximum atomic E-state index is 12.1. The van der Waals surface area contributed by atoms with E-state index in [2.05, 4.69) is 49.0 Å². The number of benzene rings is 3. The largest absolute Gasteiger partial charge is 0.490 e. The Morgan fingerprint density at radius 2 is 1.88 bits per heavy atom. The first-order chi connectivity index (χ1) is 15.9. The minimum atomic E-state index is -0.201. The molecule has 0 spiro atoms. The van der Waals surface area contributed by atoms with Gasteiger partial charge in [0.15, 0.2) is 11.5 Å². The highest BCUT2D eigenvalue weighted by molar-refractivity contribution is 14.1. The fourth-order valence-electron chi connectivity index (χ4n) is 2.86. The Kier molecular flexibility index (Phi) is 9.85. The molecule has 0 aliphatic heterocycles. The number of nitrogens with zero attached hydrogens (tertiary/aromatic N) is 1. The molecule has 0 aliphatic rings. The molecule has 9 heteroatoms. The predicted molar refractivity (Wildman–Crippen MR) is 145 cm³/mol. The maximum Gasteiger partial charge on any atom is 0.244 e. The molecule has 0 saturated heterocycles. The van der Waals surface area contributed by atoms with Gasteiger partial charge in [0.1, 0.15) is 6.61 Å². The van der Waals surface area contributed by atoms with Crippen molar-refractivity contribution in [2.24, 2.45) is 5.10 Å². The summed E-state index contributed by atoms with van der Waals surface area (Å²) in [6, 6.07) is 16.6. The molecule has 1 N–H and O–H groups in total. The fraction of sp³-hybridized carbons (Fsp3) is 0.167. The van der Waals surface area contributed by atoms with Gasteiger partial charge in [0.2, 0.25) is 5.91 Å². The van der Waals surface area contributed by atoms with Crippen LogP contribution in [0.5, 0.6) is 11.5 Å². The van der Waals surface area contributed by atoms with E-state index in [0.29, 0.717) is 28.2 Å². The summed E-state index contributed by atoms with van der Waals surface area (Å²) in [5, 5.41) is 5.19. The second-order valence-corrected chi connectivity index (χ2v) is 9.81. The predicted octanol–water partition coefficient (Wildman–Crippen LogP) is 7.03. The molecular weight excluding hydrogens is 642 g/mol. The van der Waals surface area contributed by atoms with Gasteiger partial charge < -0.3 is 9.47 Å². The van der Waals surface area contributed by atoms with Gasteiger partial charge in [-0.25, -0.2) is 5.43 Å². The molecule has 172 valence electrons. The third-order valence-corrected chi connectivity index (χ3v) is 6.32. The Bertz CT molecular complexity index is 1160. The molecule has 0 bridgehead atoms. The van der Waals surface area contributed by atoms with Crippen LogP contribution in [0.25, 0.3) is 0 Å². The van der Waals surface area contributed by atoms with E-state index < -0.39 is 0 Å². The Morgan fingerprint density at radius 3 is 2.58 bits per heavy atom. The quantitative estimate of drug-likeness (QED) is 0.152. The minimum absolute atomic E-state index is 0.201. The van der Waals surface area contributed by atoms with Gasteiger partial charge in [0.25, 0.3) is 0 Å². The Morgan fingerprint density at radius 1 is 1.12 bits per heavy atom. The number of amides is 1. The summed E-state index contributed by atoms with van der Waals surface area (Å²) in [6.45, 7) is 2.64. The van der Waals surface area contributed by atoms with Crippen LogP contribution in [0.1, 0.15) is 23.6 Å². The van der Waals surface area contributed by atoms with Gasteiger partial charge in [-0.2, -0.15) is 5.10 Å². The van der Waals surface area contributed by atoms with E-state index in [1.165, 1.54) is 0 Å². The molecule has 3 rings (SSSR count). The smallest absolute Gasteiger partial charge is 0.244 e. The van der Waals surface area contributed by atoms with E-state index in [9.17, 15) is 4.79 Å². The SMILES string of the molecule is CCOc1cc(/C=N\NC(=O)Cc2ccc(Br)cc2)cc(I)c1OCc1ccc(Cl)cc1Cl. The zero-order chi connectivity index (χ0) is 23.8. The van der Waals surface area contributed by atoms with Crippen LogP contribution in [-0.4, -0.2) is 18.7 Å². The van der Waals surface area contributed by atoms with Crippen molar-refractivity contribution in [2.75, 3.05) is 6.61 Å². The molecule has 0 fully saturated rings. The summed E-state index contributed by atoms with van der Waals surface area (Å²) in [5.41, 5.74) is 5.05. The first-order valence-corrected chi connectivity index (χ1v) is 12.6. The first kappa shape index (κ1) is 25.8. The van der Waals surface area contributed by atoms with Crippen LogP contribution in [0.15, 0.2) is 64.2 Å². The highest BCUT2D eigenvalue weighted by Gasteiger charge is 2.13. The zero-order valence-corrected chi connectivity index (χ0v) is 22.8. The van der Waals surface area contributed by atoms with E-state index in [1.807, 2.05) is 49.4 Å². The number of nitrogens with one attached hydrogen (secondary N) is 1. The zero-order valence-electron chi connectivity index (χ0n) is 17.6. The molecule has 0 aromatic heterocycles. The van der Waals surface area contributed by atoms with Crippen molar-refractivity contribution in [1.29, 1.82) is 0 Å². The molecule has 0 unspecified atom stereocenters. The molecule has 1 amide bonds. The molecule has 3 aromatic rings. The van der Waals surface area contributed by atoms with Crippen LogP contribution in [0, 0.1) is 3.57 Å². The number of carbonyl (C=O) groups is 1. The minimum Gasteiger partial charge on any atom is -0.490 e. The summed E-state index contributed by atoms with van der Waals surface area (Å²) in [7, 11) is 0. The highest BCUT2D eigenvalue weighted by Crippen LogP contribution is 2.35. The Balaban J connectivity index is 1.67. The van der Waals surface area contributed by atoms with Crippen LogP contribution >= 0.6 is 61.7 Å². The van der Waals surface area contributed by atoms with Crippen LogP contribution in [0.4, 0.5) is 0 Å². The lowest BCUT2D eigenvalue weighted by Crippen LogP contribution is -2.19. The van der Waals surface area contributed by atoms with E-state index in [0.717, 1.165) is 24.7 Å². The lowest BCUT2D eigenvalue weighted by atomic mass is 10.1. The number of hydrazone groups is 1. The van der Waals surface area contributed by atoms with E-state index in [-0.39, 0.29) is 18.9 Å². The topological polar surface area (TPSA) is 59.9 Å². The molecular formula is C24H20BrCl2IN2O3. The average Bonchev–Trinajstić information content (AvgIpc) is 2.76. The Labute approximate surface area is 224 Å². The summed E-state index contributed by atoms with van der Waals surface area (Å²) in [6.07, 6.45) is 1.82. The van der Waals surface area contributed by atoms with Crippen LogP contribution < -0.4 is 14.9 Å². The van der Waals surface area contributed by atoms with Crippen LogP contribution in [0.2, 0.25) is 10.0 Å². The fourth-order valence-corrected chi connectivity index (χ4v) is 4.37. The van der Waals surface area contributed by atoms with E-state index in [4.69, 9.17) is 32.7 Å². The van der Waals surface area contributed by atoms with Gasteiger partial charge >= 0.3 is 0 Å². The lowest BCUT2D eigenvalue weighted by molar-refractivity contribution is -0.120. The third kappa shape index (κ3) is 7.88. The molecule has 0 radical (unpaired) electrons. The number of hydrogen-bond acceptors (Lipinski definition) is 4. The van der Waals surface area contributed by atoms with Gasteiger partial charge in [-0.05, 0) is 77.0 Å². The van der Waals surface area contributed by atoms with Crippen molar-refractivity contribution >= 4 is 73.8 Å². The summed E-state index contributed by atoms with van der Waals surface area (Å²) >= 11 is 17.8. The van der Waals surface area contributed by atoms with Gasteiger partial charge in [0, 0.05) is 20.1 Å². The lowest BCUT2D eigenvalue weighted by Gasteiger charge is -2.15. The normalized spacial score (nSPS) is 10.9. The van der Waals surface area contributed by atoms with Crippen molar-refractivity contribution in [2.45, 2.75) is 20.0 Å². The van der Waals surface area contributed by atoms with Crippen LogP contribution in [-0.2, 0) is 17.8 Å². The molecule has 0 heterocycles. The second-order valence-electron chi connectivity index (χ2n) is 6.88. The second kappa shape index (κ2) is 12.6. The monoisotopic (exact) mass is 660 g/mol. The Hall–Kier alpha value is -1.81. The van der Waals surface area contributed by atoms with Crippen molar-refractivity contribution in [3.8, 4) is 11.5 Å². The van der Waals surface area contributed by atoms with Crippen molar-refractivity contribution in [1.82, 2.24) is 5.43 Å². The molecule has 0 aliphatic carbocycles. The highest BCUT2D eigenvalue weighted by atomic mass is 127. The average molecular weight is 662 g/mol. The number of carbonyl (C=O) groups excluding carboxylic acids is 1. The summed E-state index contributed by atoms with van der Waals surface area (Å²) in [4.78, 5) is 12.1. The van der Waals surface area contributed by atoms with Gasteiger partial charge in [-0.1, -0.05) is 57.3 Å². The molecule has 0 saturated carbocycles. The van der Waals surface area contributed by atoms with E-state index in [1.54, 1.807) is 18.3 Å².